The van der Waals surface area contributed by atoms with Gasteiger partial charge in [0.1, 0.15) is 11.1 Å². The van der Waals surface area contributed by atoms with Crippen molar-refractivity contribution in [1.29, 1.82) is 5.26 Å². The molecule has 1 aliphatic heterocycles. The number of benzene rings is 2. The second kappa shape index (κ2) is 7.16. The van der Waals surface area contributed by atoms with Crippen LogP contribution in [0.4, 0.5) is 4.79 Å². The molecule has 0 spiro atoms. The Bertz CT molecular complexity index is 1270. The van der Waals surface area contributed by atoms with Gasteiger partial charge in [-0.05, 0) is 48.2 Å². The van der Waals surface area contributed by atoms with E-state index in [1.165, 1.54) is 6.07 Å². The van der Waals surface area contributed by atoms with Crippen molar-refractivity contribution < 1.29 is 14.0 Å². The molecule has 7 heteroatoms. The molecule has 3 amide bonds. The molecule has 0 saturated carbocycles. The Morgan fingerprint density at radius 1 is 1.10 bits per heavy atom. The van der Waals surface area contributed by atoms with Crippen LogP contribution >= 0.6 is 0 Å². The van der Waals surface area contributed by atoms with Gasteiger partial charge in [-0.25, -0.2) is 9.59 Å². The van der Waals surface area contributed by atoms with Gasteiger partial charge in [-0.3, -0.25) is 9.69 Å². The monoisotopic (exact) mass is 401 g/mol. The second-order valence-corrected chi connectivity index (χ2v) is 7.41. The SMILES string of the molecule is CCc1ccc2c(CN3C(=O)NC(C)(c4ccc(C#N)cc4)C3=O)cc(=O)oc2c1. The standard InChI is InChI=1S/C23H19N3O4/c1-3-14-6-9-18-16(11-20(27)30-19(18)10-14)13-26-21(28)23(2,25-22(26)29)17-7-4-15(12-24)5-8-17/h4-11H,3,13H2,1-2H3,(H,25,29). The Kier molecular flexibility index (Phi) is 4.63. The lowest BCUT2D eigenvalue weighted by Gasteiger charge is -2.22. The van der Waals surface area contributed by atoms with Crippen LogP contribution in [0.5, 0.6) is 0 Å². The average Bonchev–Trinajstić information content (AvgIpc) is 2.97. The molecular formula is C23H19N3O4. The molecule has 150 valence electrons. The van der Waals surface area contributed by atoms with Crippen molar-refractivity contribution in [2.75, 3.05) is 0 Å². The van der Waals surface area contributed by atoms with Gasteiger partial charge in [0.15, 0.2) is 0 Å². The van der Waals surface area contributed by atoms with E-state index in [0.717, 1.165) is 16.9 Å². The Labute approximate surface area is 172 Å². The minimum absolute atomic E-state index is 0.0515. The highest BCUT2D eigenvalue weighted by Crippen LogP contribution is 2.31. The van der Waals surface area contributed by atoms with Crippen molar-refractivity contribution in [2.45, 2.75) is 32.4 Å². The highest BCUT2D eigenvalue weighted by atomic mass is 16.4. The summed E-state index contributed by atoms with van der Waals surface area (Å²) in [6.07, 6.45) is 0.792. The van der Waals surface area contributed by atoms with E-state index in [1.54, 1.807) is 37.3 Å². The fourth-order valence-corrected chi connectivity index (χ4v) is 3.71. The van der Waals surface area contributed by atoms with Crippen molar-refractivity contribution in [3.8, 4) is 6.07 Å². The molecule has 1 unspecified atom stereocenters. The highest BCUT2D eigenvalue weighted by molar-refractivity contribution is 6.07. The topological polar surface area (TPSA) is 103 Å². The van der Waals surface area contributed by atoms with Gasteiger partial charge in [0.25, 0.3) is 5.91 Å². The van der Waals surface area contributed by atoms with Crippen LogP contribution in [-0.4, -0.2) is 16.8 Å². The molecule has 1 saturated heterocycles. The molecule has 0 aliphatic carbocycles. The maximum Gasteiger partial charge on any atom is 0.336 e. The van der Waals surface area contributed by atoms with E-state index in [1.807, 2.05) is 25.1 Å². The van der Waals surface area contributed by atoms with Crippen molar-refractivity contribution in [2.24, 2.45) is 0 Å². The summed E-state index contributed by atoms with van der Waals surface area (Å²) in [5.74, 6) is -0.427. The average molecular weight is 401 g/mol. The molecule has 4 rings (SSSR count). The number of amides is 3. The molecule has 1 aliphatic rings. The summed E-state index contributed by atoms with van der Waals surface area (Å²) in [7, 11) is 0. The molecule has 30 heavy (non-hydrogen) atoms. The Morgan fingerprint density at radius 2 is 1.83 bits per heavy atom. The van der Waals surface area contributed by atoms with Gasteiger partial charge in [-0.1, -0.05) is 31.2 Å². The molecule has 0 radical (unpaired) electrons. The van der Waals surface area contributed by atoms with Crippen LogP contribution in [0.25, 0.3) is 11.0 Å². The first-order valence-corrected chi connectivity index (χ1v) is 9.56. The molecule has 0 bridgehead atoms. The van der Waals surface area contributed by atoms with E-state index < -0.39 is 23.1 Å². The van der Waals surface area contributed by atoms with Gasteiger partial charge in [0, 0.05) is 11.5 Å². The summed E-state index contributed by atoms with van der Waals surface area (Å²) in [4.78, 5) is 39.0. The van der Waals surface area contributed by atoms with Crippen molar-refractivity contribution in [1.82, 2.24) is 10.2 Å². The summed E-state index contributed by atoms with van der Waals surface area (Å²) in [5, 5.41) is 12.4. The molecule has 1 atom stereocenters. The van der Waals surface area contributed by atoms with Gasteiger partial charge >= 0.3 is 11.7 Å². The number of urea groups is 1. The predicted octanol–water partition coefficient (Wildman–Crippen LogP) is 3.19. The van der Waals surface area contributed by atoms with E-state index in [-0.39, 0.29) is 6.54 Å². The smallest absolute Gasteiger partial charge is 0.336 e. The van der Waals surface area contributed by atoms with Crippen molar-refractivity contribution in [3.05, 3.63) is 81.2 Å². The maximum absolute atomic E-state index is 13.2. The lowest BCUT2D eigenvalue weighted by Crippen LogP contribution is -2.40. The third-order valence-electron chi connectivity index (χ3n) is 5.50. The zero-order chi connectivity index (χ0) is 21.5. The zero-order valence-corrected chi connectivity index (χ0v) is 16.6. The number of fused-ring (bicyclic) bond motifs is 1. The normalized spacial score (nSPS) is 18.5. The largest absolute Gasteiger partial charge is 0.423 e. The Balaban J connectivity index is 1.70. The second-order valence-electron chi connectivity index (χ2n) is 7.41. The number of nitriles is 1. The molecule has 1 fully saturated rings. The van der Waals surface area contributed by atoms with E-state index in [0.29, 0.717) is 27.7 Å². The molecule has 2 heterocycles. The number of carbonyl (C=O) groups excluding carboxylic acids is 2. The molecule has 7 nitrogen and oxygen atoms in total. The van der Waals surface area contributed by atoms with E-state index >= 15 is 0 Å². The van der Waals surface area contributed by atoms with Gasteiger partial charge in [0.2, 0.25) is 0 Å². The summed E-state index contributed by atoms with van der Waals surface area (Å²) in [5.41, 5.74) is 1.24. The van der Waals surface area contributed by atoms with Crippen LogP contribution in [0.2, 0.25) is 0 Å². The predicted molar refractivity (Wildman–Crippen MR) is 109 cm³/mol. The molecule has 1 aromatic heterocycles. The molecule has 1 N–H and O–H groups in total. The van der Waals surface area contributed by atoms with Gasteiger partial charge < -0.3 is 9.73 Å². The van der Waals surface area contributed by atoms with Crippen LogP contribution in [-0.2, 0) is 23.3 Å². The minimum Gasteiger partial charge on any atom is -0.423 e. The van der Waals surface area contributed by atoms with E-state index in [9.17, 15) is 14.4 Å². The lowest BCUT2D eigenvalue weighted by atomic mass is 9.91. The number of nitrogens with one attached hydrogen (secondary N) is 1. The van der Waals surface area contributed by atoms with Gasteiger partial charge in [-0.15, -0.1) is 0 Å². The van der Waals surface area contributed by atoms with Crippen LogP contribution in [0.3, 0.4) is 0 Å². The first kappa shape index (κ1) is 19.4. The summed E-state index contributed by atoms with van der Waals surface area (Å²) in [6.45, 7) is 3.57. The minimum atomic E-state index is -1.25. The van der Waals surface area contributed by atoms with E-state index in [4.69, 9.17) is 9.68 Å². The lowest BCUT2D eigenvalue weighted by molar-refractivity contribution is -0.131. The number of rotatable bonds is 4. The molecule has 3 aromatic rings. The Hall–Kier alpha value is -3.92. The molecule has 2 aromatic carbocycles. The fourth-order valence-electron chi connectivity index (χ4n) is 3.71. The third-order valence-corrected chi connectivity index (χ3v) is 5.50. The van der Waals surface area contributed by atoms with E-state index in [2.05, 4.69) is 5.32 Å². The summed E-state index contributed by atoms with van der Waals surface area (Å²) < 4.78 is 5.31. The quantitative estimate of drug-likeness (QED) is 0.534. The summed E-state index contributed by atoms with van der Waals surface area (Å²) in [6, 6.07) is 14.9. The van der Waals surface area contributed by atoms with Crippen LogP contribution in [0, 0.1) is 11.3 Å². The van der Waals surface area contributed by atoms with Crippen LogP contribution in [0.15, 0.2) is 57.7 Å². The Morgan fingerprint density at radius 3 is 2.50 bits per heavy atom. The number of imide groups is 1. The number of carbonyl (C=O) groups is 2. The fraction of sp³-hybridized carbons (Fsp3) is 0.217. The molecular weight excluding hydrogens is 382 g/mol. The van der Waals surface area contributed by atoms with Gasteiger partial charge in [-0.2, -0.15) is 5.26 Å². The highest BCUT2D eigenvalue weighted by Gasteiger charge is 2.49. The first-order chi connectivity index (χ1) is 14.4. The van der Waals surface area contributed by atoms with Crippen LogP contribution < -0.4 is 10.9 Å². The van der Waals surface area contributed by atoms with Gasteiger partial charge in [0.05, 0.1) is 18.2 Å². The number of nitrogens with zero attached hydrogens (tertiary/aromatic N) is 2. The number of aryl methyl sites for hydroxylation is 1. The zero-order valence-electron chi connectivity index (χ0n) is 16.6. The number of hydrogen-bond donors (Lipinski definition) is 1. The van der Waals surface area contributed by atoms with Crippen LogP contribution in [0.1, 0.15) is 36.1 Å². The summed E-state index contributed by atoms with van der Waals surface area (Å²) >= 11 is 0. The van der Waals surface area contributed by atoms with Crippen molar-refractivity contribution >= 4 is 22.9 Å². The maximum atomic E-state index is 13.2. The van der Waals surface area contributed by atoms with Crippen molar-refractivity contribution in [3.63, 3.8) is 0 Å². The first-order valence-electron chi connectivity index (χ1n) is 9.56. The third kappa shape index (κ3) is 3.12. The number of hydrogen-bond acceptors (Lipinski definition) is 5.